The Morgan fingerprint density at radius 2 is 1.00 bits per heavy atom. The van der Waals surface area contributed by atoms with Crippen LogP contribution in [0.5, 0.6) is 0 Å². The van der Waals surface area contributed by atoms with Gasteiger partial charge >= 0.3 is 0 Å². The fourth-order valence-corrected chi connectivity index (χ4v) is 3.97. The van der Waals surface area contributed by atoms with E-state index >= 15 is 0 Å². The van der Waals surface area contributed by atoms with E-state index in [0.29, 0.717) is 0 Å². The molecule has 0 bridgehead atoms. The van der Waals surface area contributed by atoms with Gasteiger partial charge in [-0.25, -0.2) is 0 Å². The van der Waals surface area contributed by atoms with Crippen molar-refractivity contribution in [3.63, 3.8) is 0 Å². The molecular formula is C22H16Br2. The molecule has 118 valence electrons. The van der Waals surface area contributed by atoms with Crippen molar-refractivity contribution in [2.45, 2.75) is 10.7 Å². The lowest BCUT2D eigenvalue weighted by atomic mass is 9.92. The van der Waals surface area contributed by atoms with E-state index in [1.165, 1.54) is 43.8 Å². The lowest BCUT2D eigenvalue weighted by Gasteiger charge is -2.12. The first-order valence-corrected chi connectivity index (χ1v) is 10.2. The monoisotopic (exact) mass is 438 g/mol. The topological polar surface area (TPSA) is 0 Å². The molecule has 0 aliphatic carbocycles. The molecule has 0 heterocycles. The van der Waals surface area contributed by atoms with Crippen molar-refractivity contribution >= 4 is 53.4 Å². The van der Waals surface area contributed by atoms with Gasteiger partial charge in [-0.05, 0) is 55.9 Å². The predicted molar refractivity (Wildman–Crippen MR) is 112 cm³/mol. The third-order valence-corrected chi connectivity index (χ3v) is 5.79. The Bertz CT molecular complexity index is 949. The molecule has 4 aromatic carbocycles. The van der Waals surface area contributed by atoms with Crippen molar-refractivity contribution in [3.05, 3.63) is 83.9 Å². The van der Waals surface area contributed by atoms with Crippen molar-refractivity contribution in [2.24, 2.45) is 0 Å². The zero-order valence-corrected chi connectivity index (χ0v) is 16.3. The highest BCUT2D eigenvalue weighted by molar-refractivity contribution is 9.08. The second-order valence-corrected chi connectivity index (χ2v) is 7.11. The number of hydrogen-bond donors (Lipinski definition) is 0. The Kier molecular flexibility index (Phi) is 4.43. The summed E-state index contributed by atoms with van der Waals surface area (Å²) in [5.41, 5.74) is 5.20. The van der Waals surface area contributed by atoms with E-state index in [1.807, 2.05) is 0 Å². The van der Waals surface area contributed by atoms with E-state index < -0.39 is 0 Å². The Hall–Kier alpha value is -1.64. The molecule has 0 N–H and O–H groups in total. The molecule has 0 aliphatic heterocycles. The Balaban J connectivity index is 2.05. The van der Waals surface area contributed by atoms with E-state index in [2.05, 4.69) is 105 Å². The van der Waals surface area contributed by atoms with Gasteiger partial charge in [0, 0.05) is 10.7 Å². The normalized spacial score (nSPS) is 11.2. The summed E-state index contributed by atoms with van der Waals surface area (Å²) in [6.45, 7) is 0. The largest absolute Gasteiger partial charge is 0.0876 e. The SMILES string of the molecule is BrCc1ccc2cccc(-c3cccc4ccc(CBr)cc34)c2c1. The molecular weight excluding hydrogens is 424 g/mol. The van der Waals surface area contributed by atoms with E-state index in [9.17, 15) is 0 Å². The van der Waals surface area contributed by atoms with E-state index in [4.69, 9.17) is 0 Å². The summed E-state index contributed by atoms with van der Waals surface area (Å²) in [5.74, 6) is 0. The summed E-state index contributed by atoms with van der Waals surface area (Å²) in [6.07, 6.45) is 0. The third kappa shape index (κ3) is 2.78. The van der Waals surface area contributed by atoms with Crippen LogP contribution in [0.15, 0.2) is 72.8 Å². The number of halogens is 2. The minimum absolute atomic E-state index is 0.876. The van der Waals surface area contributed by atoms with Gasteiger partial charge in [0.05, 0.1) is 0 Å². The van der Waals surface area contributed by atoms with Gasteiger partial charge < -0.3 is 0 Å². The van der Waals surface area contributed by atoms with Crippen LogP contribution in [-0.4, -0.2) is 0 Å². The summed E-state index contributed by atoms with van der Waals surface area (Å²) in [6, 6.07) is 26.5. The average molecular weight is 440 g/mol. The zero-order chi connectivity index (χ0) is 16.5. The Morgan fingerprint density at radius 3 is 1.42 bits per heavy atom. The van der Waals surface area contributed by atoms with E-state index in [-0.39, 0.29) is 0 Å². The first kappa shape index (κ1) is 15.9. The van der Waals surface area contributed by atoms with Crippen LogP contribution in [0, 0.1) is 0 Å². The van der Waals surface area contributed by atoms with Crippen LogP contribution < -0.4 is 0 Å². The summed E-state index contributed by atoms with van der Waals surface area (Å²) < 4.78 is 0. The van der Waals surface area contributed by atoms with Gasteiger partial charge in [-0.3, -0.25) is 0 Å². The van der Waals surface area contributed by atoms with Gasteiger partial charge in [-0.2, -0.15) is 0 Å². The highest BCUT2D eigenvalue weighted by Gasteiger charge is 2.09. The quantitative estimate of drug-likeness (QED) is 0.291. The van der Waals surface area contributed by atoms with Crippen molar-refractivity contribution in [1.82, 2.24) is 0 Å². The molecule has 0 spiro atoms. The van der Waals surface area contributed by atoms with Gasteiger partial charge in [-0.15, -0.1) is 0 Å². The highest BCUT2D eigenvalue weighted by Crippen LogP contribution is 2.35. The van der Waals surface area contributed by atoms with Gasteiger partial charge in [0.1, 0.15) is 0 Å². The molecule has 0 atom stereocenters. The number of benzene rings is 4. The number of fused-ring (bicyclic) bond motifs is 2. The Morgan fingerprint density at radius 1 is 0.542 bits per heavy atom. The van der Waals surface area contributed by atoms with Crippen LogP contribution in [0.4, 0.5) is 0 Å². The predicted octanol–water partition coefficient (Wildman–Crippen LogP) is 7.45. The van der Waals surface area contributed by atoms with Crippen molar-refractivity contribution in [2.75, 3.05) is 0 Å². The summed E-state index contributed by atoms with van der Waals surface area (Å²) in [7, 11) is 0. The van der Waals surface area contributed by atoms with Gasteiger partial charge in [-0.1, -0.05) is 92.5 Å². The molecule has 24 heavy (non-hydrogen) atoms. The first-order valence-electron chi connectivity index (χ1n) is 7.96. The molecule has 0 aliphatic rings. The summed E-state index contributed by atoms with van der Waals surface area (Å²) in [5, 5.41) is 6.94. The van der Waals surface area contributed by atoms with Crippen molar-refractivity contribution < 1.29 is 0 Å². The molecule has 4 aromatic rings. The maximum atomic E-state index is 3.58. The molecule has 0 fully saturated rings. The maximum Gasteiger partial charge on any atom is 0.0283 e. The standard InChI is InChI=1S/C22H16Br2/c23-13-15-7-9-17-3-1-5-19(21(17)11-15)20-6-2-4-18-10-8-16(14-24)12-22(18)20/h1-12H,13-14H2. The highest BCUT2D eigenvalue weighted by atomic mass is 79.9. The molecule has 0 aromatic heterocycles. The lowest BCUT2D eigenvalue weighted by Crippen LogP contribution is -1.87. The fourth-order valence-electron chi connectivity index (χ4n) is 3.28. The van der Waals surface area contributed by atoms with Gasteiger partial charge in [0.15, 0.2) is 0 Å². The minimum atomic E-state index is 0.876. The molecule has 0 unspecified atom stereocenters. The van der Waals surface area contributed by atoms with Crippen LogP contribution in [-0.2, 0) is 10.7 Å². The fraction of sp³-hybridized carbons (Fsp3) is 0.0909. The maximum absolute atomic E-state index is 3.58. The molecule has 0 saturated carbocycles. The number of hydrogen-bond acceptors (Lipinski definition) is 0. The zero-order valence-electron chi connectivity index (χ0n) is 13.1. The molecule has 4 rings (SSSR count). The lowest BCUT2D eigenvalue weighted by molar-refractivity contribution is 1.46. The van der Waals surface area contributed by atoms with E-state index in [1.54, 1.807) is 0 Å². The van der Waals surface area contributed by atoms with Crippen LogP contribution in [0.3, 0.4) is 0 Å². The smallest absolute Gasteiger partial charge is 0.0283 e. The molecule has 0 amide bonds. The van der Waals surface area contributed by atoms with Crippen LogP contribution in [0.25, 0.3) is 32.7 Å². The first-order chi connectivity index (χ1) is 11.8. The Labute approximate surface area is 158 Å². The van der Waals surface area contributed by atoms with Crippen molar-refractivity contribution in [3.8, 4) is 11.1 Å². The molecule has 0 radical (unpaired) electrons. The van der Waals surface area contributed by atoms with Crippen LogP contribution in [0.2, 0.25) is 0 Å². The van der Waals surface area contributed by atoms with Gasteiger partial charge in [0.2, 0.25) is 0 Å². The summed E-state index contributed by atoms with van der Waals surface area (Å²) >= 11 is 7.15. The summed E-state index contributed by atoms with van der Waals surface area (Å²) in [4.78, 5) is 0. The molecule has 2 heteroatoms. The number of alkyl halides is 2. The number of rotatable bonds is 3. The van der Waals surface area contributed by atoms with Crippen molar-refractivity contribution in [1.29, 1.82) is 0 Å². The molecule has 0 saturated heterocycles. The second kappa shape index (κ2) is 6.70. The van der Waals surface area contributed by atoms with Crippen LogP contribution >= 0.6 is 31.9 Å². The third-order valence-electron chi connectivity index (χ3n) is 4.49. The average Bonchev–Trinajstić information content (AvgIpc) is 2.66. The van der Waals surface area contributed by atoms with Crippen LogP contribution in [0.1, 0.15) is 11.1 Å². The molecule has 0 nitrogen and oxygen atoms in total. The minimum Gasteiger partial charge on any atom is -0.0876 e. The van der Waals surface area contributed by atoms with Gasteiger partial charge in [0.25, 0.3) is 0 Å². The van der Waals surface area contributed by atoms with E-state index in [0.717, 1.165) is 10.7 Å². The second-order valence-electron chi connectivity index (χ2n) is 5.99.